The number of nitrogens with zero attached hydrogens (tertiary/aromatic N) is 6. The summed E-state index contributed by atoms with van der Waals surface area (Å²) in [6, 6.07) is 10.8. The lowest BCUT2D eigenvalue weighted by Gasteiger charge is -2.34. The molecule has 0 unspecified atom stereocenters. The first-order valence-corrected chi connectivity index (χ1v) is 10.6. The molecule has 0 atom stereocenters. The number of hydrogen-bond acceptors (Lipinski definition) is 8. The second-order valence-corrected chi connectivity index (χ2v) is 8.64. The van der Waals surface area contributed by atoms with Gasteiger partial charge in [0, 0.05) is 44.8 Å². The highest BCUT2D eigenvalue weighted by atomic mass is 32.2. The maximum atomic E-state index is 12.7. The molecule has 0 saturated carbocycles. The van der Waals surface area contributed by atoms with E-state index < -0.39 is 10.0 Å². The molecular formula is C19H21N7O2S. The highest BCUT2D eigenvalue weighted by Gasteiger charge is 2.29. The molecule has 0 spiro atoms. The molecule has 1 N–H and O–H groups in total. The molecule has 1 aliphatic rings. The monoisotopic (exact) mass is 411 g/mol. The zero-order valence-corrected chi connectivity index (χ0v) is 16.7. The standard InChI is InChI=1S/C19H21N7O2S/c1-15-6-8-21-18(13-15)22-17-4-5-19(24-23-17)25-9-11-26(12-10-25)29(27,28)16-3-2-7-20-14-16/h2-8,13-14H,9-12H2,1H3,(H,21,22,23). The first-order chi connectivity index (χ1) is 14.0. The summed E-state index contributed by atoms with van der Waals surface area (Å²) in [5.74, 6) is 2.03. The Bertz CT molecular complexity index is 1070. The predicted molar refractivity (Wildman–Crippen MR) is 109 cm³/mol. The molecular weight excluding hydrogens is 390 g/mol. The Morgan fingerprint density at radius 2 is 1.79 bits per heavy atom. The minimum absolute atomic E-state index is 0.216. The summed E-state index contributed by atoms with van der Waals surface area (Å²) in [5.41, 5.74) is 1.10. The Morgan fingerprint density at radius 1 is 0.966 bits per heavy atom. The summed E-state index contributed by atoms with van der Waals surface area (Å²) in [4.78, 5) is 10.4. The van der Waals surface area contributed by atoms with Gasteiger partial charge < -0.3 is 10.2 Å². The van der Waals surface area contributed by atoms with Crippen molar-refractivity contribution in [2.24, 2.45) is 0 Å². The molecule has 150 valence electrons. The van der Waals surface area contributed by atoms with Gasteiger partial charge in [0.05, 0.1) is 0 Å². The van der Waals surface area contributed by atoms with E-state index in [2.05, 4.69) is 25.5 Å². The minimum Gasteiger partial charge on any atom is -0.352 e. The fourth-order valence-corrected chi connectivity index (χ4v) is 4.49. The van der Waals surface area contributed by atoms with Crippen molar-refractivity contribution in [1.82, 2.24) is 24.5 Å². The van der Waals surface area contributed by atoms with Crippen LogP contribution in [0.5, 0.6) is 0 Å². The number of aromatic nitrogens is 4. The van der Waals surface area contributed by atoms with E-state index in [1.54, 1.807) is 24.5 Å². The zero-order chi connectivity index (χ0) is 20.3. The average molecular weight is 411 g/mol. The van der Waals surface area contributed by atoms with Crippen molar-refractivity contribution in [2.75, 3.05) is 36.4 Å². The van der Waals surface area contributed by atoms with Crippen molar-refractivity contribution in [2.45, 2.75) is 11.8 Å². The predicted octanol–water partition coefficient (Wildman–Crippen LogP) is 1.83. The van der Waals surface area contributed by atoms with Crippen LogP contribution in [0.1, 0.15) is 5.56 Å². The molecule has 0 radical (unpaired) electrons. The molecule has 10 heteroatoms. The largest absolute Gasteiger partial charge is 0.352 e. The van der Waals surface area contributed by atoms with E-state index in [4.69, 9.17) is 0 Å². The van der Waals surface area contributed by atoms with E-state index in [9.17, 15) is 8.42 Å². The van der Waals surface area contributed by atoms with E-state index in [0.29, 0.717) is 43.6 Å². The summed E-state index contributed by atoms with van der Waals surface area (Å²) in [6.07, 6.45) is 4.67. The van der Waals surface area contributed by atoms with Crippen LogP contribution in [0, 0.1) is 6.92 Å². The highest BCUT2D eigenvalue weighted by Crippen LogP contribution is 2.20. The summed E-state index contributed by atoms with van der Waals surface area (Å²) in [7, 11) is -3.52. The number of pyridine rings is 2. The Kier molecular flexibility index (Phi) is 5.36. The molecule has 29 heavy (non-hydrogen) atoms. The van der Waals surface area contributed by atoms with Crippen LogP contribution < -0.4 is 10.2 Å². The third kappa shape index (κ3) is 4.33. The third-order valence-electron chi connectivity index (χ3n) is 4.66. The maximum Gasteiger partial charge on any atom is 0.244 e. The van der Waals surface area contributed by atoms with Gasteiger partial charge in [0.15, 0.2) is 11.6 Å². The van der Waals surface area contributed by atoms with Gasteiger partial charge >= 0.3 is 0 Å². The van der Waals surface area contributed by atoms with E-state index >= 15 is 0 Å². The smallest absolute Gasteiger partial charge is 0.244 e. The van der Waals surface area contributed by atoms with Crippen LogP contribution in [0.4, 0.5) is 17.5 Å². The summed E-state index contributed by atoms with van der Waals surface area (Å²) in [5, 5.41) is 11.6. The van der Waals surface area contributed by atoms with Crippen molar-refractivity contribution in [3.05, 3.63) is 60.6 Å². The molecule has 3 aromatic rings. The lowest BCUT2D eigenvalue weighted by molar-refractivity contribution is 0.383. The number of hydrogen-bond donors (Lipinski definition) is 1. The summed E-state index contributed by atoms with van der Waals surface area (Å²) in [6.45, 7) is 3.84. The van der Waals surface area contributed by atoms with Crippen LogP contribution in [-0.2, 0) is 10.0 Å². The van der Waals surface area contributed by atoms with Gasteiger partial charge in [-0.25, -0.2) is 13.4 Å². The van der Waals surface area contributed by atoms with Crippen molar-refractivity contribution in [3.8, 4) is 0 Å². The Labute approximate surface area is 169 Å². The molecule has 1 saturated heterocycles. The molecule has 0 aliphatic carbocycles. The van der Waals surface area contributed by atoms with Crippen molar-refractivity contribution >= 4 is 27.5 Å². The van der Waals surface area contributed by atoms with Crippen molar-refractivity contribution < 1.29 is 8.42 Å². The highest BCUT2D eigenvalue weighted by molar-refractivity contribution is 7.89. The van der Waals surface area contributed by atoms with Crippen LogP contribution in [-0.4, -0.2) is 59.1 Å². The lowest BCUT2D eigenvalue weighted by atomic mass is 10.3. The molecule has 3 aromatic heterocycles. The molecule has 1 fully saturated rings. The number of nitrogens with one attached hydrogen (secondary N) is 1. The van der Waals surface area contributed by atoms with Gasteiger partial charge in [0.2, 0.25) is 10.0 Å². The van der Waals surface area contributed by atoms with Crippen LogP contribution in [0.2, 0.25) is 0 Å². The number of aryl methyl sites for hydroxylation is 1. The SMILES string of the molecule is Cc1ccnc(Nc2ccc(N3CCN(S(=O)(=O)c4cccnc4)CC3)nn2)c1. The Hall–Kier alpha value is -3.11. The first kappa shape index (κ1) is 19.2. The molecule has 4 rings (SSSR count). The zero-order valence-electron chi connectivity index (χ0n) is 15.9. The molecule has 9 nitrogen and oxygen atoms in total. The minimum atomic E-state index is -3.52. The molecule has 0 amide bonds. The summed E-state index contributed by atoms with van der Waals surface area (Å²) >= 11 is 0. The van der Waals surface area contributed by atoms with Crippen LogP contribution in [0.3, 0.4) is 0 Å². The third-order valence-corrected chi connectivity index (χ3v) is 6.54. The molecule has 0 bridgehead atoms. The second-order valence-electron chi connectivity index (χ2n) is 6.70. The second kappa shape index (κ2) is 8.10. The summed E-state index contributed by atoms with van der Waals surface area (Å²) < 4.78 is 26.9. The molecule has 0 aromatic carbocycles. The van der Waals surface area contributed by atoms with Crippen molar-refractivity contribution in [3.63, 3.8) is 0 Å². The fourth-order valence-electron chi connectivity index (χ4n) is 3.10. The van der Waals surface area contributed by atoms with Crippen LogP contribution >= 0.6 is 0 Å². The van der Waals surface area contributed by atoms with Gasteiger partial charge in [-0.2, -0.15) is 4.31 Å². The van der Waals surface area contributed by atoms with E-state index in [1.807, 2.05) is 36.1 Å². The van der Waals surface area contributed by atoms with Gasteiger partial charge in [-0.05, 0) is 48.9 Å². The van der Waals surface area contributed by atoms with E-state index in [0.717, 1.165) is 5.56 Å². The van der Waals surface area contributed by atoms with Gasteiger partial charge in [0.1, 0.15) is 10.7 Å². The Balaban J connectivity index is 1.39. The number of sulfonamides is 1. The van der Waals surface area contributed by atoms with Gasteiger partial charge in [-0.15, -0.1) is 10.2 Å². The number of anilines is 3. The van der Waals surface area contributed by atoms with Crippen LogP contribution in [0.15, 0.2) is 59.9 Å². The Morgan fingerprint density at radius 3 is 2.45 bits per heavy atom. The van der Waals surface area contributed by atoms with E-state index in [-0.39, 0.29) is 4.90 Å². The number of rotatable bonds is 5. The van der Waals surface area contributed by atoms with Gasteiger partial charge in [0.25, 0.3) is 0 Å². The van der Waals surface area contributed by atoms with Crippen LogP contribution in [0.25, 0.3) is 0 Å². The quantitative estimate of drug-likeness (QED) is 0.678. The van der Waals surface area contributed by atoms with Gasteiger partial charge in [-0.3, -0.25) is 4.98 Å². The van der Waals surface area contributed by atoms with Gasteiger partial charge in [-0.1, -0.05) is 0 Å². The topological polar surface area (TPSA) is 104 Å². The van der Waals surface area contributed by atoms with E-state index in [1.165, 1.54) is 10.5 Å². The first-order valence-electron chi connectivity index (χ1n) is 9.21. The molecule has 1 aliphatic heterocycles. The van der Waals surface area contributed by atoms with Crippen molar-refractivity contribution in [1.29, 1.82) is 0 Å². The fraction of sp³-hybridized carbons (Fsp3) is 0.263. The lowest BCUT2D eigenvalue weighted by Crippen LogP contribution is -2.49. The average Bonchev–Trinajstić information content (AvgIpc) is 2.75. The number of piperazine rings is 1. The normalized spacial score (nSPS) is 15.3. The maximum absolute atomic E-state index is 12.7. The molecule has 4 heterocycles.